The van der Waals surface area contributed by atoms with Gasteiger partial charge in [0, 0.05) is 26.1 Å². The van der Waals surface area contributed by atoms with Gasteiger partial charge in [-0.05, 0) is 57.1 Å². The summed E-state index contributed by atoms with van der Waals surface area (Å²) in [5.74, 6) is 1.33. The molecule has 0 saturated carbocycles. The van der Waals surface area contributed by atoms with Crippen LogP contribution in [0.3, 0.4) is 0 Å². The Labute approximate surface area is 158 Å². The van der Waals surface area contributed by atoms with Gasteiger partial charge in [-0.1, -0.05) is 0 Å². The first kappa shape index (κ1) is 18.5. The Morgan fingerprint density at radius 2 is 1.96 bits per heavy atom. The Morgan fingerprint density at radius 1 is 1.15 bits per heavy atom. The van der Waals surface area contributed by atoms with Gasteiger partial charge in [0.25, 0.3) is 0 Å². The van der Waals surface area contributed by atoms with Crippen LogP contribution in [0.4, 0.5) is 4.39 Å². The number of aromatic nitrogens is 3. The molecule has 1 aromatic carbocycles. The quantitative estimate of drug-likeness (QED) is 0.794. The molecule has 146 valence electrons. The summed E-state index contributed by atoms with van der Waals surface area (Å²) in [5, 5.41) is 8.73. The number of sulfonamides is 1. The third kappa shape index (κ3) is 3.28. The highest BCUT2D eigenvalue weighted by Crippen LogP contribution is 2.30. The zero-order valence-electron chi connectivity index (χ0n) is 15.6. The second-order valence-corrected chi connectivity index (χ2v) is 9.23. The number of benzene rings is 1. The van der Waals surface area contributed by atoms with E-state index in [1.807, 2.05) is 0 Å². The summed E-state index contributed by atoms with van der Waals surface area (Å²) in [6.45, 7) is 3.89. The molecule has 0 spiro atoms. The van der Waals surface area contributed by atoms with E-state index in [2.05, 4.69) is 26.7 Å². The summed E-state index contributed by atoms with van der Waals surface area (Å²) < 4.78 is 43.1. The summed E-state index contributed by atoms with van der Waals surface area (Å²) in [5.41, 5.74) is 0.423. The van der Waals surface area contributed by atoms with E-state index in [9.17, 15) is 12.8 Å². The van der Waals surface area contributed by atoms with Gasteiger partial charge in [0.05, 0.1) is 10.9 Å². The molecule has 1 saturated heterocycles. The standard InChI is InChI=1S/C18H24FN5O2S/c1-13-12-14(19)5-6-16(13)27(25,26)23-9-7-17-20-21-18(24(17)11-10-23)15-4-3-8-22(15)2/h5-6,12,15H,3-4,7-11H2,1-2H3/t15-/m1/s1. The first-order valence-electron chi connectivity index (χ1n) is 9.26. The van der Waals surface area contributed by atoms with E-state index in [1.165, 1.54) is 22.5 Å². The van der Waals surface area contributed by atoms with E-state index >= 15 is 0 Å². The fourth-order valence-corrected chi connectivity index (χ4v) is 5.73. The SMILES string of the molecule is Cc1cc(F)ccc1S(=O)(=O)N1CCc2nnc([C@H]3CCCN3C)n2CC1. The molecule has 9 heteroatoms. The number of fused-ring (bicyclic) bond motifs is 1. The average molecular weight is 393 g/mol. The van der Waals surface area contributed by atoms with Gasteiger partial charge in [0.15, 0.2) is 0 Å². The number of aryl methyl sites for hydroxylation is 1. The lowest BCUT2D eigenvalue weighted by Gasteiger charge is -2.22. The molecule has 0 unspecified atom stereocenters. The molecule has 1 fully saturated rings. The Kier molecular flexibility index (Phi) is 4.77. The molecule has 1 atom stereocenters. The molecule has 2 aromatic rings. The van der Waals surface area contributed by atoms with Crippen LogP contribution in [0.25, 0.3) is 0 Å². The topological polar surface area (TPSA) is 71.3 Å². The number of rotatable bonds is 3. The molecule has 0 bridgehead atoms. The Balaban J connectivity index is 1.59. The van der Waals surface area contributed by atoms with E-state index in [-0.39, 0.29) is 10.9 Å². The molecule has 0 amide bonds. The summed E-state index contributed by atoms with van der Waals surface area (Å²) in [4.78, 5) is 2.44. The van der Waals surface area contributed by atoms with E-state index in [0.29, 0.717) is 31.6 Å². The van der Waals surface area contributed by atoms with Crippen molar-refractivity contribution >= 4 is 10.0 Å². The zero-order valence-corrected chi connectivity index (χ0v) is 16.4. The van der Waals surface area contributed by atoms with Crippen molar-refractivity contribution in [1.82, 2.24) is 24.0 Å². The zero-order chi connectivity index (χ0) is 19.2. The number of nitrogens with zero attached hydrogens (tertiary/aromatic N) is 5. The van der Waals surface area contributed by atoms with Crippen LogP contribution in [0.1, 0.15) is 36.1 Å². The highest BCUT2D eigenvalue weighted by atomic mass is 32.2. The monoisotopic (exact) mass is 393 g/mol. The predicted octanol–water partition coefficient (Wildman–Crippen LogP) is 1.74. The van der Waals surface area contributed by atoms with Crippen LogP contribution >= 0.6 is 0 Å². The van der Waals surface area contributed by atoms with Crippen molar-refractivity contribution in [2.45, 2.75) is 43.7 Å². The minimum absolute atomic E-state index is 0.164. The Morgan fingerprint density at radius 3 is 2.67 bits per heavy atom. The van der Waals surface area contributed by atoms with Gasteiger partial charge < -0.3 is 4.57 Å². The number of hydrogen-bond acceptors (Lipinski definition) is 5. The minimum atomic E-state index is -3.68. The van der Waals surface area contributed by atoms with E-state index < -0.39 is 15.8 Å². The first-order valence-corrected chi connectivity index (χ1v) is 10.7. The molecule has 0 radical (unpaired) electrons. The van der Waals surface area contributed by atoms with Crippen LogP contribution in [0, 0.1) is 12.7 Å². The molecule has 2 aliphatic rings. The highest BCUT2D eigenvalue weighted by molar-refractivity contribution is 7.89. The fraction of sp³-hybridized carbons (Fsp3) is 0.556. The lowest BCUT2D eigenvalue weighted by Crippen LogP contribution is -2.34. The van der Waals surface area contributed by atoms with Crippen LogP contribution in [0.5, 0.6) is 0 Å². The lowest BCUT2D eigenvalue weighted by atomic mass is 10.2. The Hall–Kier alpha value is -1.84. The van der Waals surface area contributed by atoms with Crippen LogP contribution in [-0.4, -0.2) is 59.1 Å². The molecule has 27 heavy (non-hydrogen) atoms. The molecule has 7 nitrogen and oxygen atoms in total. The number of likely N-dealkylation sites (tertiary alicyclic amines) is 1. The van der Waals surface area contributed by atoms with Crippen LogP contribution in [0.2, 0.25) is 0 Å². The van der Waals surface area contributed by atoms with Crippen LogP contribution in [0.15, 0.2) is 23.1 Å². The average Bonchev–Trinajstić information content (AvgIpc) is 3.13. The van der Waals surface area contributed by atoms with E-state index in [4.69, 9.17) is 0 Å². The molecule has 2 aliphatic heterocycles. The van der Waals surface area contributed by atoms with Crippen LogP contribution in [-0.2, 0) is 23.0 Å². The fourth-order valence-electron chi connectivity index (χ4n) is 4.09. The van der Waals surface area contributed by atoms with Crippen molar-refractivity contribution in [3.05, 3.63) is 41.2 Å². The second kappa shape index (κ2) is 6.96. The van der Waals surface area contributed by atoms with Crippen molar-refractivity contribution in [2.75, 3.05) is 26.7 Å². The van der Waals surface area contributed by atoms with Crippen molar-refractivity contribution in [3.63, 3.8) is 0 Å². The third-order valence-corrected chi connectivity index (χ3v) is 7.65. The largest absolute Gasteiger partial charge is 0.312 e. The van der Waals surface area contributed by atoms with E-state index in [0.717, 1.165) is 31.0 Å². The third-order valence-electron chi connectivity index (χ3n) is 5.59. The van der Waals surface area contributed by atoms with Gasteiger partial charge in [-0.15, -0.1) is 10.2 Å². The summed E-state index contributed by atoms with van der Waals surface area (Å²) in [7, 11) is -1.59. The van der Waals surface area contributed by atoms with Crippen molar-refractivity contribution in [1.29, 1.82) is 0 Å². The van der Waals surface area contributed by atoms with Gasteiger partial charge in [-0.3, -0.25) is 4.90 Å². The molecule has 1 aromatic heterocycles. The lowest BCUT2D eigenvalue weighted by molar-refractivity contribution is 0.295. The van der Waals surface area contributed by atoms with Crippen LogP contribution < -0.4 is 0 Å². The molecular weight excluding hydrogens is 369 g/mol. The molecular formula is C18H24FN5O2S. The maximum Gasteiger partial charge on any atom is 0.243 e. The van der Waals surface area contributed by atoms with Gasteiger partial charge in [-0.2, -0.15) is 4.31 Å². The van der Waals surface area contributed by atoms with Gasteiger partial charge >= 0.3 is 0 Å². The normalized spacial score (nSPS) is 22.0. The first-order chi connectivity index (χ1) is 12.9. The summed E-state index contributed by atoms with van der Waals surface area (Å²) >= 11 is 0. The molecule has 3 heterocycles. The second-order valence-electron chi connectivity index (χ2n) is 7.33. The van der Waals surface area contributed by atoms with Crippen molar-refractivity contribution in [2.24, 2.45) is 0 Å². The minimum Gasteiger partial charge on any atom is -0.312 e. The smallest absolute Gasteiger partial charge is 0.243 e. The van der Waals surface area contributed by atoms with Crippen molar-refractivity contribution in [3.8, 4) is 0 Å². The van der Waals surface area contributed by atoms with Gasteiger partial charge in [0.2, 0.25) is 10.0 Å². The van der Waals surface area contributed by atoms with E-state index in [1.54, 1.807) is 6.92 Å². The van der Waals surface area contributed by atoms with Gasteiger partial charge in [0.1, 0.15) is 17.5 Å². The molecule has 0 N–H and O–H groups in total. The number of halogens is 1. The number of hydrogen-bond donors (Lipinski definition) is 0. The summed E-state index contributed by atoms with van der Waals surface area (Å²) in [6, 6.07) is 4.05. The molecule has 0 aliphatic carbocycles. The van der Waals surface area contributed by atoms with Gasteiger partial charge in [-0.25, -0.2) is 12.8 Å². The molecule has 4 rings (SSSR count). The summed E-state index contributed by atoms with van der Waals surface area (Å²) in [6.07, 6.45) is 2.70. The predicted molar refractivity (Wildman–Crippen MR) is 98.2 cm³/mol. The van der Waals surface area contributed by atoms with Crippen molar-refractivity contribution < 1.29 is 12.8 Å². The highest BCUT2D eigenvalue weighted by Gasteiger charge is 2.32. The maximum absolute atomic E-state index is 13.4. The Bertz CT molecular complexity index is 959. The maximum atomic E-state index is 13.4.